The zero-order chi connectivity index (χ0) is 12.8. The van der Waals surface area contributed by atoms with Gasteiger partial charge in [0.05, 0.1) is 0 Å². The minimum atomic E-state index is 0.984. The SMILES string of the molecule is CNCCCN(C)c1nccn1-c1ccccc1. The molecule has 0 saturated heterocycles. The topological polar surface area (TPSA) is 33.1 Å². The summed E-state index contributed by atoms with van der Waals surface area (Å²) in [6, 6.07) is 10.3. The van der Waals surface area contributed by atoms with Crippen LogP contribution in [0.15, 0.2) is 42.7 Å². The van der Waals surface area contributed by atoms with Crippen molar-refractivity contribution >= 4 is 5.95 Å². The lowest BCUT2D eigenvalue weighted by molar-refractivity contribution is 0.701. The molecule has 0 bridgehead atoms. The third-order valence-corrected chi connectivity index (χ3v) is 2.92. The van der Waals surface area contributed by atoms with Gasteiger partial charge in [0, 0.05) is 31.7 Å². The second-order valence-corrected chi connectivity index (χ2v) is 4.31. The Hall–Kier alpha value is -1.81. The van der Waals surface area contributed by atoms with Crippen molar-refractivity contribution in [3.8, 4) is 5.69 Å². The summed E-state index contributed by atoms with van der Waals surface area (Å²) in [6.07, 6.45) is 4.95. The summed E-state index contributed by atoms with van der Waals surface area (Å²) < 4.78 is 2.11. The van der Waals surface area contributed by atoms with E-state index in [0.717, 1.165) is 31.1 Å². The van der Waals surface area contributed by atoms with E-state index in [4.69, 9.17) is 0 Å². The molecule has 1 N–H and O–H groups in total. The molecule has 0 aliphatic carbocycles. The Bertz CT molecular complexity index is 464. The lowest BCUT2D eigenvalue weighted by Crippen LogP contribution is -2.24. The van der Waals surface area contributed by atoms with Gasteiger partial charge in [0.25, 0.3) is 0 Å². The molecule has 0 spiro atoms. The van der Waals surface area contributed by atoms with Crippen LogP contribution in [0, 0.1) is 0 Å². The van der Waals surface area contributed by atoms with Crippen molar-refractivity contribution in [2.75, 3.05) is 32.1 Å². The van der Waals surface area contributed by atoms with Crippen LogP contribution < -0.4 is 10.2 Å². The molecule has 1 aromatic carbocycles. The maximum Gasteiger partial charge on any atom is 0.209 e. The minimum absolute atomic E-state index is 0.984. The molecule has 0 fully saturated rings. The molecule has 96 valence electrons. The quantitative estimate of drug-likeness (QED) is 0.788. The fraction of sp³-hybridized carbons (Fsp3) is 0.357. The maximum atomic E-state index is 4.44. The number of aromatic nitrogens is 2. The predicted octanol–water partition coefficient (Wildman–Crippen LogP) is 1.92. The largest absolute Gasteiger partial charge is 0.345 e. The van der Waals surface area contributed by atoms with Crippen LogP contribution in [-0.4, -0.2) is 36.7 Å². The number of imidazole rings is 1. The average molecular weight is 244 g/mol. The number of para-hydroxylation sites is 1. The van der Waals surface area contributed by atoms with E-state index in [9.17, 15) is 0 Å². The highest BCUT2D eigenvalue weighted by molar-refractivity contribution is 5.42. The Balaban J connectivity index is 2.12. The van der Waals surface area contributed by atoms with Gasteiger partial charge in [-0.2, -0.15) is 0 Å². The number of anilines is 1. The van der Waals surface area contributed by atoms with Crippen molar-refractivity contribution in [1.29, 1.82) is 0 Å². The molecule has 0 atom stereocenters. The number of hydrogen-bond acceptors (Lipinski definition) is 3. The number of nitrogens with zero attached hydrogens (tertiary/aromatic N) is 3. The second-order valence-electron chi connectivity index (χ2n) is 4.31. The third kappa shape index (κ3) is 2.90. The van der Waals surface area contributed by atoms with Crippen molar-refractivity contribution in [3.63, 3.8) is 0 Å². The van der Waals surface area contributed by atoms with E-state index in [1.165, 1.54) is 0 Å². The third-order valence-electron chi connectivity index (χ3n) is 2.92. The summed E-state index contributed by atoms with van der Waals surface area (Å²) in [7, 11) is 4.06. The van der Waals surface area contributed by atoms with E-state index < -0.39 is 0 Å². The zero-order valence-electron chi connectivity index (χ0n) is 11.0. The second kappa shape index (κ2) is 6.21. The Morgan fingerprint density at radius 3 is 2.78 bits per heavy atom. The van der Waals surface area contributed by atoms with Crippen molar-refractivity contribution in [2.24, 2.45) is 0 Å². The predicted molar refractivity (Wildman–Crippen MR) is 75.4 cm³/mol. The molecule has 0 aliphatic heterocycles. The molecule has 0 saturated carbocycles. The molecule has 0 aliphatic rings. The van der Waals surface area contributed by atoms with Crippen LogP contribution in [-0.2, 0) is 0 Å². The van der Waals surface area contributed by atoms with Gasteiger partial charge < -0.3 is 10.2 Å². The van der Waals surface area contributed by atoms with E-state index in [0.29, 0.717) is 0 Å². The van der Waals surface area contributed by atoms with E-state index in [2.05, 4.69) is 38.9 Å². The van der Waals surface area contributed by atoms with Crippen LogP contribution in [0.1, 0.15) is 6.42 Å². The molecule has 1 aromatic heterocycles. The Morgan fingerprint density at radius 1 is 1.28 bits per heavy atom. The van der Waals surface area contributed by atoms with E-state index >= 15 is 0 Å². The summed E-state index contributed by atoms with van der Waals surface area (Å²) in [6.45, 7) is 2.01. The highest BCUT2D eigenvalue weighted by Crippen LogP contribution is 2.16. The van der Waals surface area contributed by atoms with Crippen molar-refractivity contribution < 1.29 is 0 Å². The molecule has 0 radical (unpaired) electrons. The van der Waals surface area contributed by atoms with Crippen LogP contribution in [0.25, 0.3) is 5.69 Å². The fourth-order valence-electron chi connectivity index (χ4n) is 1.96. The summed E-state index contributed by atoms with van der Waals surface area (Å²) in [5.74, 6) is 0.984. The first-order chi connectivity index (χ1) is 8.83. The number of nitrogens with one attached hydrogen (secondary N) is 1. The lowest BCUT2D eigenvalue weighted by atomic mass is 10.3. The van der Waals surface area contributed by atoms with Gasteiger partial charge in [-0.05, 0) is 32.1 Å². The van der Waals surface area contributed by atoms with Gasteiger partial charge in [0.1, 0.15) is 0 Å². The molecule has 2 rings (SSSR count). The maximum absolute atomic E-state index is 4.44. The smallest absolute Gasteiger partial charge is 0.209 e. The first-order valence-corrected chi connectivity index (χ1v) is 6.27. The average Bonchev–Trinajstić information content (AvgIpc) is 2.89. The van der Waals surface area contributed by atoms with Crippen LogP contribution in [0.3, 0.4) is 0 Å². The minimum Gasteiger partial charge on any atom is -0.345 e. The summed E-state index contributed by atoms with van der Waals surface area (Å²) in [4.78, 5) is 6.62. The van der Waals surface area contributed by atoms with Crippen LogP contribution in [0.5, 0.6) is 0 Å². The summed E-state index contributed by atoms with van der Waals surface area (Å²) in [5, 5.41) is 3.16. The van der Waals surface area contributed by atoms with Crippen molar-refractivity contribution in [2.45, 2.75) is 6.42 Å². The van der Waals surface area contributed by atoms with Gasteiger partial charge in [-0.1, -0.05) is 18.2 Å². The number of benzene rings is 1. The molecule has 2 aromatic rings. The van der Waals surface area contributed by atoms with Gasteiger partial charge in [0.2, 0.25) is 5.95 Å². The van der Waals surface area contributed by atoms with Crippen LogP contribution >= 0.6 is 0 Å². The number of rotatable bonds is 6. The highest BCUT2D eigenvalue weighted by Gasteiger charge is 2.08. The van der Waals surface area contributed by atoms with Crippen LogP contribution in [0.4, 0.5) is 5.95 Å². The van der Waals surface area contributed by atoms with Gasteiger partial charge in [0.15, 0.2) is 0 Å². The van der Waals surface area contributed by atoms with Gasteiger partial charge in [-0.25, -0.2) is 4.98 Å². The van der Waals surface area contributed by atoms with E-state index in [1.54, 1.807) is 0 Å². The first-order valence-electron chi connectivity index (χ1n) is 6.27. The lowest BCUT2D eigenvalue weighted by Gasteiger charge is -2.19. The van der Waals surface area contributed by atoms with E-state index in [1.807, 2.05) is 37.6 Å². The molecule has 1 heterocycles. The Labute approximate surface area is 108 Å². The Morgan fingerprint density at radius 2 is 2.06 bits per heavy atom. The molecule has 18 heavy (non-hydrogen) atoms. The van der Waals surface area contributed by atoms with E-state index in [-0.39, 0.29) is 0 Å². The van der Waals surface area contributed by atoms with Crippen molar-refractivity contribution in [3.05, 3.63) is 42.7 Å². The monoisotopic (exact) mass is 244 g/mol. The van der Waals surface area contributed by atoms with Crippen LogP contribution in [0.2, 0.25) is 0 Å². The summed E-state index contributed by atoms with van der Waals surface area (Å²) >= 11 is 0. The fourth-order valence-corrected chi connectivity index (χ4v) is 1.96. The summed E-state index contributed by atoms with van der Waals surface area (Å²) in [5.41, 5.74) is 1.14. The molecular weight excluding hydrogens is 224 g/mol. The standard InChI is InChI=1S/C14H20N4/c1-15-9-6-11-17(2)14-16-10-12-18(14)13-7-4-3-5-8-13/h3-5,7-8,10,12,15H,6,9,11H2,1-2H3. The molecule has 0 unspecified atom stereocenters. The Kier molecular flexibility index (Phi) is 4.36. The molecular formula is C14H20N4. The van der Waals surface area contributed by atoms with Gasteiger partial charge in [-0.15, -0.1) is 0 Å². The van der Waals surface area contributed by atoms with Gasteiger partial charge in [-0.3, -0.25) is 4.57 Å². The highest BCUT2D eigenvalue weighted by atomic mass is 15.3. The molecule has 0 amide bonds. The molecule has 4 heteroatoms. The van der Waals surface area contributed by atoms with Gasteiger partial charge >= 0.3 is 0 Å². The first kappa shape index (κ1) is 12.6. The molecule has 4 nitrogen and oxygen atoms in total. The zero-order valence-corrected chi connectivity index (χ0v) is 11.0. The van der Waals surface area contributed by atoms with Crippen molar-refractivity contribution in [1.82, 2.24) is 14.9 Å². The number of hydrogen-bond donors (Lipinski definition) is 1. The normalized spacial score (nSPS) is 10.6.